The molecule has 3 aromatic rings. The summed E-state index contributed by atoms with van der Waals surface area (Å²) in [5.74, 6) is 0.476. The van der Waals surface area contributed by atoms with E-state index in [2.05, 4.69) is 9.89 Å². The summed E-state index contributed by atoms with van der Waals surface area (Å²) in [5.41, 5.74) is 0.782. The molecule has 0 atom stereocenters. The zero-order valence-electron chi connectivity index (χ0n) is 17.7. The highest BCUT2D eigenvalue weighted by Crippen LogP contribution is 2.27. The SMILES string of the molecule is COc1cccc(-n2c(O)c(C=NCCCN3CCOCC3)c3ccccc3c2=O)c1. The van der Waals surface area contributed by atoms with Crippen LogP contribution in [0.5, 0.6) is 11.6 Å². The van der Waals surface area contributed by atoms with Crippen LogP contribution < -0.4 is 10.3 Å². The first kappa shape index (κ1) is 21.1. The predicted molar refractivity (Wildman–Crippen MR) is 122 cm³/mol. The molecule has 1 aromatic heterocycles. The number of hydrogen-bond acceptors (Lipinski definition) is 6. The molecule has 1 aliphatic rings. The number of fused-ring (bicyclic) bond motifs is 1. The highest BCUT2D eigenvalue weighted by molar-refractivity contribution is 6.01. The largest absolute Gasteiger partial charge is 0.497 e. The van der Waals surface area contributed by atoms with Crippen LogP contribution in [0.25, 0.3) is 16.5 Å². The number of aliphatic imine (C=N–C) groups is 1. The highest BCUT2D eigenvalue weighted by Gasteiger charge is 2.16. The smallest absolute Gasteiger partial charge is 0.265 e. The summed E-state index contributed by atoms with van der Waals surface area (Å²) in [4.78, 5) is 20.1. The number of pyridine rings is 1. The number of nitrogens with zero attached hydrogens (tertiary/aromatic N) is 3. The predicted octanol–water partition coefficient (Wildman–Crippen LogP) is 2.85. The second-order valence-corrected chi connectivity index (χ2v) is 7.47. The summed E-state index contributed by atoms with van der Waals surface area (Å²) in [6.07, 6.45) is 2.60. The van der Waals surface area contributed by atoms with E-state index in [1.54, 1.807) is 43.7 Å². The molecule has 2 heterocycles. The van der Waals surface area contributed by atoms with E-state index in [-0.39, 0.29) is 11.4 Å². The maximum atomic E-state index is 13.2. The monoisotopic (exact) mass is 421 g/mol. The van der Waals surface area contributed by atoms with E-state index in [1.165, 1.54) is 4.57 Å². The summed E-state index contributed by atoms with van der Waals surface area (Å²) in [6.45, 7) is 5.10. The fourth-order valence-electron chi connectivity index (χ4n) is 3.84. The average Bonchev–Trinajstić information content (AvgIpc) is 2.81. The van der Waals surface area contributed by atoms with Gasteiger partial charge in [0.05, 0.1) is 31.6 Å². The molecule has 1 aliphatic heterocycles. The van der Waals surface area contributed by atoms with Crippen molar-refractivity contribution in [1.82, 2.24) is 9.47 Å². The van der Waals surface area contributed by atoms with Crippen molar-refractivity contribution >= 4 is 17.0 Å². The van der Waals surface area contributed by atoms with E-state index in [0.717, 1.165) is 39.3 Å². The number of hydrogen-bond donors (Lipinski definition) is 1. The van der Waals surface area contributed by atoms with Crippen LogP contribution in [0.1, 0.15) is 12.0 Å². The summed E-state index contributed by atoms with van der Waals surface area (Å²) < 4.78 is 12.0. The molecule has 7 heteroatoms. The van der Waals surface area contributed by atoms with Gasteiger partial charge in [0, 0.05) is 49.2 Å². The molecule has 7 nitrogen and oxygen atoms in total. The van der Waals surface area contributed by atoms with E-state index in [1.807, 2.05) is 18.2 Å². The third kappa shape index (κ3) is 4.62. The van der Waals surface area contributed by atoms with Crippen molar-refractivity contribution < 1.29 is 14.6 Å². The van der Waals surface area contributed by atoms with Crippen molar-refractivity contribution in [2.24, 2.45) is 4.99 Å². The Bertz CT molecular complexity index is 1130. The van der Waals surface area contributed by atoms with Gasteiger partial charge in [0.15, 0.2) is 0 Å². The van der Waals surface area contributed by atoms with Gasteiger partial charge < -0.3 is 14.6 Å². The van der Waals surface area contributed by atoms with Crippen molar-refractivity contribution in [2.75, 3.05) is 46.5 Å². The Hall–Kier alpha value is -3.16. The highest BCUT2D eigenvalue weighted by atomic mass is 16.5. The van der Waals surface area contributed by atoms with Gasteiger partial charge in [-0.05, 0) is 24.6 Å². The lowest BCUT2D eigenvalue weighted by atomic mass is 10.1. The lowest BCUT2D eigenvalue weighted by molar-refractivity contribution is 0.0377. The van der Waals surface area contributed by atoms with Crippen molar-refractivity contribution in [2.45, 2.75) is 6.42 Å². The van der Waals surface area contributed by atoms with Crippen LogP contribution in [0.2, 0.25) is 0 Å². The molecule has 1 N–H and O–H groups in total. The molecule has 1 saturated heterocycles. The number of morpholine rings is 1. The third-order valence-electron chi connectivity index (χ3n) is 5.50. The van der Waals surface area contributed by atoms with Crippen molar-refractivity contribution in [3.63, 3.8) is 0 Å². The first-order valence-electron chi connectivity index (χ1n) is 10.5. The zero-order valence-corrected chi connectivity index (χ0v) is 17.7. The lowest BCUT2D eigenvalue weighted by Gasteiger charge is -2.26. The van der Waals surface area contributed by atoms with E-state index in [9.17, 15) is 9.90 Å². The second kappa shape index (κ2) is 9.76. The molecule has 0 radical (unpaired) electrons. The van der Waals surface area contributed by atoms with E-state index in [0.29, 0.717) is 34.3 Å². The van der Waals surface area contributed by atoms with Crippen LogP contribution in [-0.2, 0) is 4.74 Å². The third-order valence-corrected chi connectivity index (χ3v) is 5.50. The molecule has 2 aromatic carbocycles. The number of aromatic hydroxyl groups is 1. The van der Waals surface area contributed by atoms with Gasteiger partial charge in [-0.3, -0.25) is 14.7 Å². The molecule has 0 spiro atoms. The van der Waals surface area contributed by atoms with Crippen molar-refractivity contribution in [1.29, 1.82) is 0 Å². The van der Waals surface area contributed by atoms with Gasteiger partial charge in [0.2, 0.25) is 5.88 Å². The maximum Gasteiger partial charge on any atom is 0.265 e. The molecule has 31 heavy (non-hydrogen) atoms. The first-order valence-corrected chi connectivity index (χ1v) is 10.5. The molecule has 162 valence electrons. The maximum absolute atomic E-state index is 13.2. The van der Waals surface area contributed by atoms with Crippen LogP contribution >= 0.6 is 0 Å². The van der Waals surface area contributed by atoms with Gasteiger partial charge in [-0.2, -0.15) is 0 Å². The molecular weight excluding hydrogens is 394 g/mol. The molecule has 0 bridgehead atoms. The van der Waals surface area contributed by atoms with Crippen molar-refractivity contribution in [3.05, 3.63) is 64.4 Å². The Labute approximate surface area is 181 Å². The quantitative estimate of drug-likeness (QED) is 0.469. The minimum absolute atomic E-state index is 0.131. The Balaban J connectivity index is 1.65. The minimum atomic E-state index is -0.286. The number of rotatable bonds is 7. The molecule has 1 fully saturated rings. The molecule has 0 amide bonds. The fourth-order valence-corrected chi connectivity index (χ4v) is 3.84. The fraction of sp³-hybridized carbons (Fsp3) is 0.333. The molecule has 0 saturated carbocycles. The summed E-state index contributed by atoms with van der Waals surface area (Å²) in [5, 5.41) is 12.3. The first-order chi connectivity index (χ1) is 15.2. The van der Waals surface area contributed by atoms with Crippen LogP contribution in [0.3, 0.4) is 0 Å². The molecule has 0 aliphatic carbocycles. The molecule has 0 unspecified atom stereocenters. The number of benzene rings is 2. The second-order valence-electron chi connectivity index (χ2n) is 7.47. The average molecular weight is 421 g/mol. The van der Waals surface area contributed by atoms with Crippen LogP contribution in [0.15, 0.2) is 58.3 Å². The Kier molecular flexibility index (Phi) is 6.64. The van der Waals surface area contributed by atoms with Gasteiger partial charge in [0.1, 0.15) is 5.75 Å². The van der Waals surface area contributed by atoms with Gasteiger partial charge in [-0.15, -0.1) is 0 Å². The summed E-state index contributed by atoms with van der Waals surface area (Å²) >= 11 is 0. The van der Waals surface area contributed by atoms with E-state index < -0.39 is 0 Å². The number of methoxy groups -OCH3 is 1. The lowest BCUT2D eigenvalue weighted by Crippen LogP contribution is -2.37. The van der Waals surface area contributed by atoms with Crippen molar-refractivity contribution in [3.8, 4) is 17.3 Å². The van der Waals surface area contributed by atoms with Crippen LogP contribution in [0, 0.1) is 0 Å². The standard InChI is InChI=1S/C24H27N3O4/c1-30-19-7-4-6-18(16-19)27-23(28)21-9-3-2-8-20(21)22(24(27)29)17-25-10-5-11-26-12-14-31-15-13-26/h2-4,6-9,16-17,29H,5,10-15H2,1H3. The Morgan fingerprint density at radius 3 is 2.68 bits per heavy atom. The summed E-state index contributed by atoms with van der Waals surface area (Å²) in [7, 11) is 1.57. The van der Waals surface area contributed by atoms with Gasteiger partial charge in [-0.25, -0.2) is 4.57 Å². The van der Waals surface area contributed by atoms with Gasteiger partial charge in [-0.1, -0.05) is 24.3 Å². The van der Waals surface area contributed by atoms with Gasteiger partial charge >= 0.3 is 0 Å². The zero-order chi connectivity index (χ0) is 21.6. The summed E-state index contributed by atoms with van der Waals surface area (Å²) in [6, 6.07) is 14.3. The number of aromatic nitrogens is 1. The normalized spacial score (nSPS) is 15.0. The van der Waals surface area contributed by atoms with E-state index >= 15 is 0 Å². The van der Waals surface area contributed by atoms with E-state index in [4.69, 9.17) is 9.47 Å². The molecular formula is C24H27N3O4. The van der Waals surface area contributed by atoms with Gasteiger partial charge in [0.25, 0.3) is 5.56 Å². The Morgan fingerprint density at radius 1 is 1.13 bits per heavy atom. The van der Waals surface area contributed by atoms with Crippen LogP contribution in [0.4, 0.5) is 0 Å². The Morgan fingerprint density at radius 2 is 1.90 bits per heavy atom. The van der Waals surface area contributed by atoms with Crippen LogP contribution in [-0.4, -0.2) is 67.3 Å². The topological polar surface area (TPSA) is 76.3 Å². The minimum Gasteiger partial charge on any atom is -0.497 e. The number of ether oxygens (including phenoxy) is 2. The molecule has 4 rings (SSSR count).